The average molecular weight is 222 g/mol. The third-order valence-electron chi connectivity index (χ3n) is 1.91. The van der Waals surface area contributed by atoms with Crippen molar-refractivity contribution in [2.24, 2.45) is 0 Å². The summed E-state index contributed by atoms with van der Waals surface area (Å²) >= 11 is 0. The smallest absolute Gasteiger partial charge is 0.339 e. The predicted molar refractivity (Wildman–Crippen MR) is 50.1 cm³/mol. The standard InChI is InChI=1S/C10H6O6/c11-5-16-7-2-4-15-9(7)8-6(10(12)13)1-3-14-8/h1-5H,(H,12,13). The number of ether oxygens (including phenoxy) is 1. The highest BCUT2D eigenvalue weighted by atomic mass is 16.5. The fourth-order valence-corrected chi connectivity index (χ4v) is 1.26. The van der Waals surface area contributed by atoms with Crippen molar-refractivity contribution in [3.63, 3.8) is 0 Å². The summed E-state index contributed by atoms with van der Waals surface area (Å²) in [7, 11) is 0. The molecule has 0 saturated heterocycles. The minimum Gasteiger partial charge on any atom is -0.478 e. The maximum absolute atomic E-state index is 10.8. The molecule has 0 aromatic carbocycles. The summed E-state index contributed by atoms with van der Waals surface area (Å²) in [5, 5.41) is 8.86. The summed E-state index contributed by atoms with van der Waals surface area (Å²) in [4.78, 5) is 21.0. The molecule has 0 aliphatic rings. The van der Waals surface area contributed by atoms with Gasteiger partial charge in [-0.15, -0.1) is 0 Å². The van der Waals surface area contributed by atoms with E-state index in [9.17, 15) is 9.59 Å². The van der Waals surface area contributed by atoms with E-state index in [4.69, 9.17) is 13.9 Å². The topological polar surface area (TPSA) is 89.9 Å². The Balaban J connectivity index is 2.50. The van der Waals surface area contributed by atoms with E-state index in [0.29, 0.717) is 0 Å². The first-order valence-corrected chi connectivity index (χ1v) is 4.23. The van der Waals surface area contributed by atoms with Crippen molar-refractivity contribution in [3.05, 3.63) is 30.2 Å². The summed E-state index contributed by atoms with van der Waals surface area (Å²) in [5.41, 5.74) is -0.0642. The lowest BCUT2D eigenvalue weighted by atomic mass is 10.2. The molecule has 0 amide bonds. The van der Waals surface area contributed by atoms with Gasteiger partial charge in [0.2, 0.25) is 5.76 Å². The van der Waals surface area contributed by atoms with Crippen LogP contribution in [0.15, 0.2) is 33.5 Å². The van der Waals surface area contributed by atoms with E-state index in [0.717, 1.165) is 0 Å². The van der Waals surface area contributed by atoms with Crippen LogP contribution in [-0.2, 0) is 4.79 Å². The van der Waals surface area contributed by atoms with E-state index in [1.807, 2.05) is 0 Å². The molecule has 1 N–H and O–H groups in total. The Morgan fingerprint density at radius 3 is 2.62 bits per heavy atom. The van der Waals surface area contributed by atoms with Gasteiger partial charge in [-0.05, 0) is 6.07 Å². The Morgan fingerprint density at radius 2 is 1.94 bits per heavy atom. The van der Waals surface area contributed by atoms with Crippen LogP contribution in [0.5, 0.6) is 5.75 Å². The Morgan fingerprint density at radius 1 is 1.25 bits per heavy atom. The van der Waals surface area contributed by atoms with Crippen molar-refractivity contribution >= 4 is 12.4 Å². The van der Waals surface area contributed by atoms with Crippen LogP contribution in [0.4, 0.5) is 0 Å². The molecule has 0 fully saturated rings. The van der Waals surface area contributed by atoms with Gasteiger partial charge in [-0.25, -0.2) is 4.79 Å². The molecular weight excluding hydrogens is 216 g/mol. The SMILES string of the molecule is O=COc1ccoc1-c1occc1C(=O)O. The first-order valence-electron chi connectivity index (χ1n) is 4.23. The van der Waals surface area contributed by atoms with E-state index in [2.05, 4.69) is 4.74 Å². The van der Waals surface area contributed by atoms with Gasteiger partial charge in [-0.1, -0.05) is 0 Å². The van der Waals surface area contributed by atoms with Crippen molar-refractivity contribution in [1.82, 2.24) is 0 Å². The molecule has 2 aromatic rings. The lowest BCUT2D eigenvalue weighted by molar-refractivity contribution is -0.120. The first-order chi connectivity index (χ1) is 7.74. The van der Waals surface area contributed by atoms with E-state index >= 15 is 0 Å². The maximum atomic E-state index is 10.8. The van der Waals surface area contributed by atoms with Crippen LogP contribution < -0.4 is 4.74 Å². The van der Waals surface area contributed by atoms with Gasteiger partial charge >= 0.3 is 5.97 Å². The van der Waals surface area contributed by atoms with Gasteiger partial charge in [0.15, 0.2) is 11.5 Å². The summed E-state index contributed by atoms with van der Waals surface area (Å²) in [6.07, 6.45) is 2.48. The largest absolute Gasteiger partial charge is 0.478 e. The van der Waals surface area contributed by atoms with Crippen LogP contribution in [0.1, 0.15) is 10.4 Å². The third kappa shape index (κ3) is 1.56. The van der Waals surface area contributed by atoms with Crippen molar-refractivity contribution in [1.29, 1.82) is 0 Å². The average Bonchev–Trinajstić information content (AvgIpc) is 2.83. The summed E-state index contributed by atoms with van der Waals surface area (Å²) in [6, 6.07) is 2.67. The molecule has 0 atom stereocenters. The number of rotatable bonds is 4. The molecule has 0 aliphatic heterocycles. The van der Waals surface area contributed by atoms with Gasteiger partial charge < -0.3 is 18.7 Å². The zero-order chi connectivity index (χ0) is 11.5. The normalized spacial score (nSPS) is 10.0. The Labute approximate surface area is 89.0 Å². The van der Waals surface area contributed by atoms with Crippen molar-refractivity contribution in [2.75, 3.05) is 0 Å². The van der Waals surface area contributed by atoms with Crippen molar-refractivity contribution in [2.45, 2.75) is 0 Å². The number of hydrogen-bond acceptors (Lipinski definition) is 5. The zero-order valence-corrected chi connectivity index (χ0v) is 7.88. The fraction of sp³-hybridized carbons (Fsp3) is 0. The van der Waals surface area contributed by atoms with E-state index in [1.165, 1.54) is 24.7 Å². The highest BCUT2D eigenvalue weighted by molar-refractivity contribution is 5.94. The second kappa shape index (κ2) is 3.93. The Bertz CT molecular complexity index is 521. The maximum Gasteiger partial charge on any atom is 0.339 e. The van der Waals surface area contributed by atoms with E-state index in [-0.39, 0.29) is 29.3 Å². The molecule has 2 aromatic heterocycles. The highest BCUT2D eigenvalue weighted by Crippen LogP contribution is 2.33. The molecule has 6 nitrogen and oxygen atoms in total. The Hall–Kier alpha value is -2.50. The first kappa shape index (κ1) is 10.0. The number of carbonyl (C=O) groups excluding carboxylic acids is 1. The second-order valence-electron chi connectivity index (χ2n) is 2.80. The molecule has 6 heteroatoms. The predicted octanol–water partition coefficient (Wildman–Crippen LogP) is 1.77. The Kier molecular flexibility index (Phi) is 2.47. The molecule has 0 unspecified atom stereocenters. The van der Waals surface area contributed by atoms with Gasteiger partial charge in [-0.3, -0.25) is 4.79 Å². The lowest BCUT2D eigenvalue weighted by Gasteiger charge is -1.97. The van der Waals surface area contributed by atoms with Gasteiger partial charge in [0.1, 0.15) is 5.56 Å². The van der Waals surface area contributed by atoms with Crippen molar-refractivity contribution < 1.29 is 28.3 Å². The third-order valence-corrected chi connectivity index (χ3v) is 1.91. The minimum atomic E-state index is -1.16. The molecule has 0 spiro atoms. The van der Waals surface area contributed by atoms with E-state index in [1.54, 1.807) is 0 Å². The second-order valence-corrected chi connectivity index (χ2v) is 2.80. The van der Waals surface area contributed by atoms with Gasteiger partial charge in [0.25, 0.3) is 6.47 Å². The monoisotopic (exact) mass is 222 g/mol. The molecule has 0 bridgehead atoms. The summed E-state index contributed by atoms with van der Waals surface area (Å²) in [5.74, 6) is -0.978. The number of furan rings is 2. The van der Waals surface area contributed by atoms with Crippen LogP contribution in [-0.4, -0.2) is 17.5 Å². The van der Waals surface area contributed by atoms with Gasteiger partial charge in [-0.2, -0.15) is 0 Å². The minimum absolute atomic E-state index is 0.00866. The molecule has 0 aliphatic carbocycles. The van der Waals surface area contributed by atoms with Crippen molar-refractivity contribution in [3.8, 4) is 17.3 Å². The summed E-state index contributed by atoms with van der Waals surface area (Å²) in [6.45, 7) is 0.220. The van der Waals surface area contributed by atoms with Gasteiger partial charge in [0.05, 0.1) is 12.5 Å². The molecule has 2 rings (SSSR count). The van der Waals surface area contributed by atoms with E-state index < -0.39 is 5.97 Å². The number of carboxylic acid groups (broad SMARTS) is 1. The fourth-order valence-electron chi connectivity index (χ4n) is 1.26. The number of carboxylic acids is 1. The van der Waals surface area contributed by atoms with Crippen LogP contribution in [0, 0.1) is 0 Å². The number of hydrogen-bond donors (Lipinski definition) is 1. The summed E-state index contributed by atoms with van der Waals surface area (Å²) < 4.78 is 14.6. The quantitative estimate of drug-likeness (QED) is 0.793. The molecule has 0 saturated carbocycles. The molecule has 16 heavy (non-hydrogen) atoms. The molecule has 2 heterocycles. The number of carbonyl (C=O) groups is 2. The lowest BCUT2D eigenvalue weighted by Crippen LogP contribution is -1.96. The molecule has 82 valence electrons. The van der Waals surface area contributed by atoms with Crippen LogP contribution in [0.3, 0.4) is 0 Å². The van der Waals surface area contributed by atoms with Gasteiger partial charge in [0, 0.05) is 6.07 Å². The number of aromatic carboxylic acids is 1. The van der Waals surface area contributed by atoms with Crippen LogP contribution in [0.25, 0.3) is 11.5 Å². The van der Waals surface area contributed by atoms with Crippen LogP contribution in [0.2, 0.25) is 0 Å². The highest BCUT2D eigenvalue weighted by Gasteiger charge is 2.21. The van der Waals surface area contributed by atoms with Crippen LogP contribution >= 0.6 is 0 Å². The zero-order valence-electron chi connectivity index (χ0n) is 7.88. The molecule has 0 radical (unpaired) electrons. The molecular formula is C10H6O6.